The number of nitrogens with two attached hydrogens (primary N) is 1. The Morgan fingerprint density at radius 3 is 2.29 bits per heavy atom. The molecule has 1 aliphatic carbocycles. The molecule has 0 radical (unpaired) electrons. The van der Waals surface area contributed by atoms with Crippen LogP contribution >= 0.6 is 0 Å². The average Bonchev–Trinajstić information content (AvgIpc) is 2.90. The third-order valence-electron chi connectivity index (χ3n) is 4.74. The van der Waals surface area contributed by atoms with E-state index in [9.17, 15) is 5.11 Å². The van der Waals surface area contributed by atoms with E-state index in [4.69, 9.17) is 5.73 Å². The van der Waals surface area contributed by atoms with E-state index in [2.05, 4.69) is 31.2 Å². The molecule has 0 aliphatic heterocycles. The Bertz CT molecular complexity index is 350. The van der Waals surface area contributed by atoms with E-state index >= 15 is 0 Å². The number of benzene rings is 1. The SMILES string of the molecule is CC(CN)(CO)C1(c2ccccc2)CCCC1. The molecule has 0 bridgehead atoms. The van der Waals surface area contributed by atoms with Gasteiger partial charge >= 0.3 is 0 Å². The van der Waals surface area contributed by atoms with Crippen molar-refractivity contribution >= 4 is 0 Å². The molecule has 1 aliphatic rings. The van der Waals surface area contributed by atoms with E-state index in [-0.39, 0.29) is 17.4 Å². The maximum Gasteiger partial charge on any atom is 0.0505 e. The van der Waals surface area contributed by atoms with E-state index in [0.29, 0.717) is 6.54 Å². The predicted molar refractivity (Wildman–Crippen MR) is 70.8 cm³/mol. The fraction of sp³-hybridized carbons (Fsp3) is 0.600. The number of aliphatic hydroxyl groups excluding tert-OH is 1. The minimum atomic E-state index is -0.204. The summed E-state index contributed by atoms with van der Waals surface area (Å²) < 4.78 is 0. The summed E-state index contributed by atoms with van der Waals surface area (Å²) >= 11 is 0. The first-order valence-corrected chi connectivity index (χ1v) is 6.55. The fourth-order valence-electron chi connectivity index (χ4n) is 3.39. The smallest absolute Gasteiger partial charge is 0.0505 e. The van der Waals surface area contributed by atoms with Crippen LogP contribution in [-0.2, 0) is 5.41 Å². The van der Waals surface area contributed by atoms with Crippen LogP contribution in [0.5, 0.6) is 0 Å². The summed E-state index contributed by atoms with van der Waals surface area (Å²) in [6, 6.07) is 10.6. The van der Waals surface area contributed by atoms with Crippen molar-refractivity contribution in [3.63, 3.8) is 0 Å². The van der Waals surface area contributed by atoms with Crippen molar-refractivity contribution in [3.8, 4) is 0 Å². The van der Waals surface area contributed by atoms with Gasteiger partial charge < -0.3 is 10.8 Å². The van der Waals surface area contributed by atoms with E-state index < -0.39 is 0 Å². The maximum absolute atomic E-state index is 9.79. The summed E-state index contributed by atoms with van der Waals surface area (Å²) in [5, 5.41) is 9.79. The molecular weight excluding hydrogens is 210 g/mol. The van der Waals surface area contributed by atoms with Crippen molar-refractivity contribution in [3.05, 3.63) is 35.9 Å². The average molecular weight is 233 g/mol. The lowest BCUT2D eigenvalue weighted by Crippen LogP contribution is -2.49. The van der Waals surface area contributed by atoms with Crippen LogP contribution in [0.25, 0.3) is 0 Å². The molecule has 3 N–H and O–H groups in total. The van der Waals surface area contributed by atoms with Gasteiger partial charge in [-0.05, 0) is 18.4 Å². The molecule has 1 saturated carbocycles. The fourth-order valence-corrected chi connectivity index (χ4v) is 3.39. The molecule has 0 spiro atoms. The molecule has 0 heterocycles. The highest BCUT2D eigenvalue weighted by Gasteiger charge is 2.49. The van der Waals surface area contributed by atoms with Crippen LogP contribution in [-0.4, -0.2) is 18.3 Å². The molecule has 1 unspecified atom stereocenters. The highest BCUT2D eigenvalue weighted by molar-refractivity contribution is 5.30. The first-order chi connectivity index (χ1) is 8.18. The van der Waals surface area contributed by atoms with Gasteiger partial charge in [0.15, 0.2) is 0 Å². The molecule has 2 rings (SSSR count). The largest absolute Gasteiger partial charge is 0.396 e. The first-order valence-electron chi connectivity index (χ1n) is 6.55. The summed E-state index contributed by atoms with van der Waals surface area (Å²) in [6.07, 6.45) is 4.77. The van der Waals surface area contributed by atoms with Gasteiger partial charge in [0.1, 0.15) is 0 Å². The number of aliphatic hydroxyl groups is 1. The van der Waals surface area contributed by atoms with Crippen molar-refractivity contribution in [2.45, 2.75) is 38.0 Å². The summed E-state index contributed by atoms with van der Waals surface area (Å²) in [5.41, 5.74) is 7.17. The van der Waals surface area contributed by atoms with Crippen LogP contribution in [0.1, 0.15) is 38.2 Å². The standard InChI is InChI=1S/C15H23NO/c1-14(11-16,12-17)15(9-5-6-10-15)13-7-3-2-4-8-13/h2-4,7-8,17H,5-6,9-12,16H2,1H3. The predicted octanol–water partition coefficient (Wildman–Crippen LogP) is 2.46. The van der Waals surface area contributed by atoms with Crippen LogP contribution in [0.2, 0.25) is 0 Å². The minimum absolute atomic E-state index is 0.0672. The van der Waals surface area contributed by atoms with Gasteiger partial charge in [-0.2, -0.15) is 0 Å². The molecule has 0 amide bonds. The molecule has 0 saturated heterocycles. The Hall–Kier alpha value is -0.860. The Morgan fingerprint density at radius 2 is 1.82 bits per heavy atom. The van der Waals surface area contributed by atoms with E-state index in [0.717, 1.165) is 12.8 Å². The lowest BCUT2D eigenvalue weighted by molar-refractivity contribution is 0.0605. The molecule has 2 nitrogen and oxygen atoms in total. The second-order valence-corrected chi connectivity index (χ2v) is 5.58. The van der Waals surface area contributed by atoms with Gasteiger partial charge in [0.2, 0.25) is 0 Å². The number of hydrogen-bond donors (Lipinski definition) is 2. The molecule has 17 heavy (non-hydrogen) atoms. The third-order valence-corrected chi connectivity index (χ3v) is 4.74. The normalized spacial score (nSPS) is 22.3. The summed E-state index contributed by atoms with van der Waals surface area (Å²) in [6.45, 7) is 2.84. The lowest BCUT2D eigenvalue weighted by Gasteiger charge is -2.45. The Labute approximate surface area is 104 Å². The quantitative estimate of drug-likeness (QED) is 0.839. The Kier molecular flexibility index (Phi) is 3.55. The highest BCUT2D eigenvalue weighted by Crippen LogP contribution is 2.52. The zero-order chi connectivity index (χ0) is 12.4. The minimum Gasteiger partial charge on any atom is -0.396 e. The topological polar surface area (TPSA) is 46.2 Å². The lowest BCUT2D eigenvalue weighted by atomic mass is 9.60. The molecule has 1 aromatic rings. The van der Waals surface area contributed by atoms with Crippen molar-refractivity contribution in [1.29, 1.82) is 0 Å². The molecular formula is C15H23NO. The van der Waals surface area contributed by atoms with Crippen LogP contribution < -0.4 is 5.73 Å². The number of hydrogen-bond acceptors (Lipinski definition) is 2. The third kappa shape index (κ3) is 1.90. The molecule has 1 fully saturated rings. The van der Waals surface area contributed by atoms with E-state index in [1.54, 1.807) is 0 Å². The molecule has 94 valence electrons. The first kappa shape index (κ1) is 12.6. The molecule has 1 atom stereocenters. The zero-order valence-electron chi connectivity index (χ0n) is 10.7. The summed E-state index contributed by atoms with van der Waals surface area (Å²) in [5.74, 6) is 0. The van der Waals surface area contributed by atoms with Gasteiger partial charge in [-0.15, -0.1) is 0 Å². The van der Waals surface area contributed by atoms with Crippen molar-refractivity contribution < 1.29 is 5.11 Å². The second kappa shape index (κ2) is 4.79. The van der Waals surface area contributed by atoms with E-state index in [1.165, 1.54) is 18.4 Å². The van der Waals surface area contributed by atoms with Crippen molar-refractivity contribution in [2.75, 3.05) is 13.2 Å². The molecule has 2 heteroatoms. The second-order valence-electron chi connectivity index (χ2n) is 5.58. The monoisotopic (exact) mass is 233 g/mol. The van der Waals surface area contributed by atoms with Gasteiger partial charge in [0.05, 0.1) is 6.61 Å². The van der Waals surface area contributed by atoms with Gasteiger partial charge in [0, 0.05) is 17.4 Å². The Balaban J connectivity index is 2.47. The highest BCUT2D eigenvalue weighted by atomic mass is 16.3. The Morgan fingerprint density at radius 1 is 1.24 bits per heavy atom. The van der Waals surface area contributed by atoms with Gasteiger partial charge in [0.25, 0.3) is 0 Å². The number of rotatable bonds is 4. The maximum atomic E-state index is 9.79. The van der Waals surface area contributed by atoms with Crippen molar-refractivity contribution in [2.24, 2.45) is 11.1 Å². The van der Waals surface area contributed by atoms with Crippen LogP contribution in [0, 0.1) is 5.41 Å². The van der Waals surface area contributed by atoms with Gasteiger partial charge in [-0.25, -0.2) is 0 Å². The van der Waals surface area contributed by atoms with Crippen molar-refractivity contribution in [1.82, 2.24) is 0 Å². The van der Waals surface area contributed by atoms with Crippen LogP contribution in [0.4, 0.5) is 0 Å². The molecule has 0 aromatic heterocycles. The van der Waals surface area contributed by atoms with Gasteiger partial charge in [-0.3, -0.25) is 0 Å². The summed E-state index contributed by atoms with van der Waals surface area (Å²) in [7, 11) is 0. The summed E-state index contributed by atoms with van der Waals surface area (Å²) in [4.78, 5) is 0. The van der Waals surface area contributed by atoms with Gasteiger partial charge in [-0.1, -0.05) is 50.1 Å². The van der Waals surface area contributed by atoms with Crippen LogP contribution in [0.3, 0.4) is 0 Å². The van der Waals surface area contributed by atoms with E-state index in [1.807, 2.05) is 6.07 Å². The van der Waals surface area contributed by atoms with Crippen LogP contribution in [0.15, 0.2) is 30.3 Å². The molecule has 1 aromatic carbocycles. The zero-order valence-corrected chi connectivity index (χ0v) is 10.7.